The predicted molar refractivity (Wildman–Crippen MR) is 55.8 cm³/mol. The topological polar surface area (TPSA) is 94.0 Å². The molecule has 1 saturated carbocycles. The average molecular weight is 206 g/mol. The van der Waals surface area contributed by atoms with E-state index in [2.05, 4.69) is 10.3 Å². The van der Waals surface area contributed by atoms with E-state index in [1.165, 1.54) is 0 Å². The van der Waals surface area contributed by atoms with Crippen molar-refractivity contribution in [1.82, 2.24) is 10.3 Å². The summed E-state index contributed by atoms with van der Waals surface area (Å²) in [5.74, 6) is 0. The molecule has 1 aliphatic rings. The lowest BCUT2D eigenvalue weighted by Crippen LogP contribution is -2.28. The second kappa shape index (κ2) is 3.51. The van der Waals surface area contributed by atoms with E-state index >= 15 is 0 Å². The SMILES string of the molecule is NC(=O)NCc1ccc(C2(N)CC2)nc1. The molecule has 2 rings (SSSR count). The Kier molecular flexibility index (Phi) is 2.32. The van der Waals surface area contributed by atoms with E-state index < -0.39 is 6.03 Å². The van der Waals surface area contributed by atoms with Crippen LogP contribution in [-0.4, -0.2) is 11.0 Å². The Morgan fingerprint density at radius 1 is 1.53 bits per heavy atom. The Morgan fingerprint density at radius 3 is 2.73 bits per heavy atom. The number of primary amides is 1. The molecule has 0 radical (unpaired) electrons. The van der Waals surface area contributed by atoms with Crippen molar-refractivity contribution in [2.24, 2.45) is 11.5 Å². The minimum atomic E-state index is -0.531. The van der Waals surface area contributed by atoms with E-state index in [9.17, 15) is 4.79 Å². The highest BCUT2D eigenvalue weighted by Gasteiger charge is 2.41. The summed E-state index contributed by atoms with van der Waals surface area (Å²) in [6.07, 6.45) is 3.72. The van der Waals surface area contributed by atoms with Gasteiger partial charge in [0.2, 0.25) is 0 Å². The number of hydrogen-bond acceptors (Lipinski definition) is 3. The molecule has 0 aromatic carbocycles. The van der Waals surface area contributed by atoms with Crippen LogP contribution in [-0.2, 0) is 12.1 Å². The first-order chi connectivity index (χ1) is 7.10. The number of aromatic nitrogens is 1. The Morgan fingerprint density at radius 2 is 2.27 bits per heavy atom. The summed E-state index contributed by atoms with van der Waals surface area (Å²) in [5, 5.41) is 2.50. The highest BCUT2D eigenvalue weighted by molar-refractivity contribution is 5.71. The van der Waals surface area contributed by atoms with Crippen LogP contribution in [0.25, 0.3) is 0 Å². The van der Waals surface area contributed by atoms with E-state index in [1.54, 1.807) is 6.20 Å². The molecule has 0 spiro atoms. The summed E-state index contributed by atoms with van der Waals surface area (Å²) < 4.78 is 0. The van der Waals surface area contributed by atoms with Crippen molar-refractivity contribution in [3.8, 4) is 0 Å². The second-order valence-corrected chi connectivity index (χ2v) is 3.93. The average Bonchev–Trinajstić information content (AvgIpc) is 2.96. The molecule has 0 saturated heterocycles. The Balaban J connectivity index is 2.01. The van der Waals surface area contributed by atoms with Gasteiger partial charge in [-0.15, -0.1) is 0 Å². The number of nitrogens with two attached hydrogens (primary N) is 2. The summed E-state index contributed by atoms with van der Waals surface area (Å²) in [4.78, 5) is 14.8. The molecule has 1 aromatic rings. The molecule has 15 heavy (non-hydrogen) atoms. The van der Waals surface area contributed by atoms with Gasteiger partial charge < -0.3 is 16.8 Å². The largest absolute Gasteiger partial charge is 0.352 e. The molecule has 1 aliphatic carbocycles. The molecule has 0 atom stereocenters. The smallest absolute Gasteiger partial charge is 0.312 e. The molecule has 1 aromatic heterocycles. The molecular weight excluding hydrogens is 192 g/mol. The lowest BCUT2D eigenvalue weighted by molar-refractivity contribution is 0.248. The molecule has 0 aliphatic heterocycles. The van der Waals surface area contributed by atoms with Crippen LogP contribution in [0.15, 0.2) is 18.3 Å². The third-order valence-corrected chi connectivity index (χ3v) is 2.59. The van der Waals surface area contributed by atoms with Gasteiger partial charge in [-0.2, -0.15) is 0 Å². The molecule has 0 bridgehead atoms. The summed E-state index contributed by atoms with van der Waals surface area (Å²) in [6, 6.07) is 3.28. The number of amides is 2. The van der Waals surface area contributed by atoms with Gasteiger partial charge in [-0.3, -0.25) is 4.98 Å². The monoisotopic (exact) mass is 206 g/mol. The number of urea groups is 1. The molecular formula is C10H14N4O. The zero-order valence-electron chi connectivity index (χ0n) is 8.36. The van der Waals surface area contributed by atoms with Crippen molar-refractivity contribution in [2.45, 2.75) is 24.9 Å². The maximum atomic E-state index is 10.5. The van der Waals surface area contributed by atoms with Gasteiger partial charge in [-0.1, -0.05) is 6.07 Å². The molecule has 2 amide bonds. The molecule has 5 N–H and O–H groups in total. The predicted octanol–water partition coefficient (Wildman–Crippen LogP) is 0.198. The lowest BCUT2D eigenvalue weighted by atomic mass is 10.1. The van der Waals surface area contributed by atoms with Crippen molar-refractivity contribution in [3.63, 3.8) is 0 Å². The van der Waals surface area contributed by atoms with Crippen LogP contribution in [0.3, 0.4) is 0 Å². The van der Waals surface area contributed by atoms with Crippen molar-refractivity contribution < 1.29 is 4.79 Å². The first-order valence-electron chi connectivity index (χ1n) is 4.88. The minimum absolute atomic E-state index is 0.199. The first-order valence-corrected chi connectivity index (χ1v) is 4.88. The number of hydrogen-bond donors (Lipinski definition) is 3. The summed E-state index contributed by atoms with van der Waals surface area (Å²) in [5.41, 5.74) is 12.6. The third-order valence-electron chi connectivity index (χ3n) is 2.59. The molecule has 80 valence electrons. The molecule has 0 unspecified atom stereocenters. The Labute approximate surface area is 87.9 Å². The second-order valence-electron chi connectivity index (χ2n) is 3.93. The maximum Gasteiger partial charge on any atom is 0.312 e. The van der Waals surface area contributed by atoms with Crippen molar-refractivity contribution in [3.05, 3.63) is 29.6 Å². The van der Waals surface area contributed by atoms with Crippen LogP contribution in [0.1, 0.15) is 24.1 Å². The standard InChI is InChI=1S/C10H14N4O/c11-9(15)14-6-7-1-2-8(13-5-7)10(12)3-4-10/h1-2,5H,3-4,6,12H2,(H3,11,14,15). The number of pyridine rings is 1. The van der Waals surface area contributed by atoms with Gasteiger partial charge in [0.25, 0.3) is 0 Å². The summed E-state index contributed by atoms with van der Waals surface area (Å²) in [6.45, 7) is 0.403. The molecule has 5 heteroatoms. The molecule has 5 nitrogen and oxygen atoms in total. The zero-order valence-corrected chi connectivity index (χ0v) is 8.36. The van der Waals surface area contributed by atoms with Crippen molar-refractivity contribution in [2.75, 3.05) is 0 Å². The van der Waals surface area contributed by atoms with E-state index in [4.69, 9.17) is 11.5 Å². The Hall–Kier alpha value is -1.62. The third kappa shape index (κ3) is 2.24. The fourth-order valence-electron chi connectivity index (χ4n) is 1.40. The number of nitrogens with one attached hydrogen (secondary N) is 1. The van der Waals surface area contributed by atoms with Gasteiger partial charge in [0.15, 0.2) is 0 Å². The Bertz CT molecular complexity index is 370. The van der Waals surface area contributed by atoms with E-state index in [1.807, 2.05) is 12.1 Å². The maximum absolute atomic E-state index is 10.5. The van der Waals surface area contributed by atoms with Crippen LogP contribution in [0, 0.1) is 0 Å². The van der Waals surface area contributed by atoms with Crippen LogP contribution in [0.2, 0.25) is 0 Å². The normalized spacial score (nSPS) is 17.1. The van der Waals surface area contributed by atoms with Crippen LogP contribution < -0.4 is 16.8 Å². The summed E-state index contributed by atoms with van der Waals surface area (Å²) >= 11 is 0. The highest BCUT2D eigenvalue weighted by atomic mass is 16.2. The fraction of sp³-hybridized carbons (Fsp3) is 0.400. The van der Waals surface area contributed by atoms with Crippen LogP contribution in [0.5, 0.6) is 0 Å². The van der Waals surface area contributed by atoms with Gasteiger partial charge in [0.1, 0.15) is 0 Å². The fourth-order valence-corrected chi connectivity index (χ4v) is 1.40. The van der Waals surface area contributed by atoms with Crippen LogP contribution >= 0.6 is 0 Å². The number of carbonyl (C=O) groups is 1. The number of carbonyl (C=O) groups excluding carboxylic acids is 1. The van der Waals surface area contributed by atoms with Gasteiger partial charge in [0, 0.05) is 12.7 Å². The van der Waals surface area contributed by atoms with E-state index in [0.717, 1.165) is 24.1 Å². The molecule has 1 fully saturated rings. The van der Waals surface area contributed by atoms with Gasteiger partial charge in [-0.05, 0) is 24.5 Å². The minimum Gasteiger partial charge on any atom is -0.352 e. The van der Waals surface area contributed by atoms with Crippen molar-refractivity contribution >= 4 is 6.03 Å². The highest BCUT2D eigenvalue weighted by Crippen LogP contribution is 2.41. The van der Waals surface area contributed by atoms with E-state index in [0.29, 0.717) is 6.54 Å². The summed E-state index contributed by atoms with van der Waals surface area (Å²) in [7, 11) is 0. The van der Waals surface area contributed by atoms with Gasteiger partial charge in [0.05, 0.1) is 11.2 Å². The van der Waals surface area contributed by atoms with E-state index in [-0.39, 0.29) is 5.54 Å². The van der Waals surface area contributed by atoms with Gasteiger partial charge in [-0.25, -0.2) is 4.79 Å². The quantitative estimate of drug-likeness (QED) is 0.659. The van der Waals surface area contributed by atoms with Gasteiger partial charge >= 0.3 is 6.03 Å². The van der Waals surface area contributed by atoms with Crippen LogP contribution in [0.4, 0.5) is 4.79 Å². The van der Waals surface area contributed by atoms with Crippen molar-refractivity contribution in [1.29, 1.82) is 0 Å². The molecule has 1 heterocycles. The number of nitrogens with zero attached hydrogens (tertiary/aromatic N) is 1. The number of rotatable bonds is 3. The first kappa shape index (κ1) is 9.92. The zero-order chi connectivity index (χ0) is 10.9. The lowest BCUT2D eigenvalue weighted by Gasteiger charge is -2.08.